The maximum absolute atomic E-state index is 4.63. The van der Waals surface area contributed by atoms with Crippen molar-refractivity contribution in [2.75, 3.05) is 5.32 Å². The highest BCUT2D eigenvalue weighted by Crippen LogP contribution is 2.29. The number of nitrogens with one attached hydrogen (secondary N) is 1. The lowest BCUT2D eigenvalue weighted by Gasteiger charge is -2.20. The van der Waals surface area contributed by atoms with Gasteiger partial charge in [-0.2, -0.15) is 14.6 Å². The van der Waals surface area contributed by atoms with E-state index in [1.807, 2.05) is 24.3 Å². The summed E-state index contributed by atoms with van der Waals surface area (Å²) in [6, 6.07) is 8.13. The molecule has 2 aromatic heterocycles. The summed E-state index contributed by atoms with van der Waals surface area (Å²) in [6.45, 7) is 0. The Hall–Kier alpha value is -1.95. The molecule has 1 aromatic carbocycles. The summed E-state index contributed by atoms with van der Waals surface area (Å²) in [4.78, 5) is 8.87. The first kappa shape index (κ1) is 12.8. The lowest BCUT2D eigenvalue weighted by Crippen LogP contribution is -2.13. The first-order valence-corrected chi connectivity index (χ1v) is 7.84. The molecule has 4 rings (SSSR count). The van der Waals surface area contributed by atoms with Crippen LogP contribution in [0, 0.1) is 0 Å². The first-order valence-electron chi connectivity index (χ1n) is 7.05. The summed E-state index contributed by atoms with van der Waals surface area (Å²) in [6.07, 6.45) is 6.01. The van der Waals surface area contributed by atoms with Crippen LogP contribution in [0.3, 0.4) is 0 Å². The molecule has 0 saturated heterocycles. The molecule has 0 unspecified atom stereocenters. The number of hydrogen-bond acceptors (Lipinski definition) is 4. The molecule has 3 aromatic rings. The van der Waals surface area contributed by atoms with Crippen LogP contribution in [0.4, 0.5) is 11.5 Å². The van der Waals surface area contributed by atoms with Gasteiger partial charge in [-0.3, -0.25) is 0 Å². The van der Waals surface area contributed by atoms with Crippen molar-refractivity contribution >= 4 is 33.2 Å². The Balaban J connectivity index is 1.85. The fraction of sp³-hybridized carbons (Fsp3) is 0.267. The maximum Gasteiger partial charge on any atom is 0.254 e. The minimum atomic E-state index is 0.662. The Morgan fingerprint density at radius 2 is 1.90 bits per heavy atom. The van der Waals surface area contributed by atoms with Gasteiger partial charge in [-0.1, -0.05) is 15.9 Å². The van der Waals surface area contributed by atoms with Gasteiger partial charge < -0.3 is 5.32 Å². The van der Waals surface area contributed by atoms with Crippen molar-refractivity contribution < 1.29 is 0 Å². The summed E-state index contributed by atoms with van der Waals surface area (Å²) in [5.41, 5.74) is 3.46. The molecule has 0 spiro atoms. The second-order valence-electron chi connectivity index (χ2n) is 5.20. The third-order valence-electron chi connectivity index (χ3n) is 3.81. The van der Waals surface area contributed by atoms with Gasteiger partial charge in [0.15, 0.2) is 0 Å². The SMILES string of the molecule is Brc1ccc(Nc2c3c(nc4ncnn24)CCCC3)cc1. The Morgan fingerprint density at radius 1 is 1.10 bits per heavy atom. The van der Waals surface area contributed by atoms with Gasteiger partial charge in [0.05, 0.1) is 5.69 Å². The molecule has 21 heavy (non-hydrogen) atoms. The normalized spacial score (nSPS) is 14.1. The van der Waals surface area contributed by atoms with Crippen LogP contribution < -0.4 is 5.32 Å². The van der Waals surface area contributed by atoms with Gasteiger partial charge in [-0.15, -0.1) is 0 Å². The third kappa shape index (κ3) is 2.29. The molecule has 106 valence electrons. The Morgan fingerprint density at radius 3 is 2.76 bits per heavy atom. The number of hydrogen-bond donors (Lipinski definition) is 1. The number of aryl methyl sites for hydroxylation is 1. The zero-order valence-corrected chi connectivity index (χ0v) is 13.0. The van der Waals surface area contributed by atoms with Crippen molar-refractivity contribution in [3.63, 3.8) is 0 Å². The van der Waals surface area contributed by atoms with Gasteiger partial charge in [0.25, 0.3) is 5.78 Å². The molecule has 0 bridgehead atoms. The van der Waals surface area contributed by atoms with Crippen LogP contribution in [0.2, 0.25) is 0 Å². The molecule has 5 nitrogen and oxygen atoms in total. The molecular formula is C15H14BrN5. The number of rotatable bonds is 2. The quantitative estimate of drug-likeness (QED) is 0.773. The minimum Gasteiger partial charge on any atom is -0.340 e. The van der Waals surface area contributed by atoms with Crippen molar-refractivity contribution in [1.82, 2.24) is 19.6 Å². The van der Waals surface area contributed by atoms with Crippen molar-refractivity contribution in [3.8, 4) is 0 Å². The van der Waals surface area contributed by atoms with E-state index in [1.165, 1.54) is 18.4 Å². The predicted molar refractivity (Wildman–Crippen MR) is 84.8 cm³/mol. The molecule has 6 heteroatoms. The Bertz CT molecular complexity index is 794. The average molecular weight is 344 g/mol. The topological polar surface area (TPSA) is 55.1 Å². The molecule has 0 radical (unpaired) electrons. The van der Waals surface area contributed by atoms with Crippen molar-refractivity contribution in [1.29, 1.82) is 0 Å². The van der Waals surface area contributed by atoms with Crippen molar-refractivity contribution in [3.05, 3.63) is 46.3 Å². The lowest BCUT2D eigenvalue weighted by molar-refractivity contribution is 0.662. The number of anilines is 2. The van der Waals surface area contributed by atoms with Gasteiger partial charge in [-0.05, 0) is 49.9 Å². The summed E-state index contributed by atoms with van der Waals surface area (Å²) >= 11 is 3.46. The molecule has 0 saturated carbocycles. The van der Waals surface area contributed by atoms with Gasteiger partial charge >= 0.3 is 0 Å². The van der Waals surface area contributed by atoms with Crippen LogP contribution in [0.15, 0.2) is 35.1 Å². The zero-order valence-electron chi connectivity index (χ0n) is 11.4. The van der Waals surface area contributed by atoms with Crippen LogP contribution in [-0.4, -0.2) is 19.6 Å². The van der Waals surface area contributed by atoms with Gasteiger partial charge in [0, 0.05) is 15.7 Å². The summed E-state index contributed by atoms with van der Waals surface area (Å²) in [5.74, 6) is 1.66. The van der Waals surface area contributed by atoms with Crippen LogP contribution in [-0.2, 0) is 12.8 Å². The first-order chi connectivity index (χ1) is 10.3. The molecular weight excluding hydrogens is 330 g/mol. The molecule has 1 aliphatic rings. The zero-order chi connectivity index (χ0) is 14.2. The van der Waals surface area contributed by atoms with Gasteiger partial charge in [0.2, 0.25) is 0 Å². The molecule has 2 heterocycles. The van der Waals surface area contributed by atoms with Crippen LogP contribution in [0.25, 0.3) is 5.78 Å². The van der Waals surface area contributed by atoms with Gasteiger partial charge in [-0.25, -0.2) is 4.98 Å². The van der Waals surface area contributed by atoms with Gasteiger partial charge in [0.1, 0.15) is 12.1 Å². The lowest BCUT2D eigenvalue weighted by atomic mass is 9.96. The van der Waals surface area contributed by atoms with E-state index in [4.69, 9.17) is 0 Å². The highest BCUT2D eigenvalue weighted by molar-refractivity contribution is 9.10. The smallest absolute Gasteiger partial charge is 0.254 e. The maximum atomic E-state index is 4.63. The molecule has 0 atom stereocenters. The highest BCUT2D eigenvalue weighted by atomic mass is 79.9. The van der Waals surface area contributed by atoms with E-state index in [9.17, 15) is 0 Å². The van der Waals surface area contributed by atoms with E-state index in [2.05, 4.69) is 36.3 Å². The fourth-order valence-electron chi connectivity index (χ4n) is 2.78. The fourth-order valence-corrected chi connectivity index (χ4v) is 3.05. The number of benzene rings is 1. The highest BCUT2D eigenvalue weighted by Gasteiger charge is 2.19. The average Bonchev–Trinajstić information content (AvgIpc) is 2.97. The molecule has 0 fully saturated rings. The Kier molecular flexibility index (Phi) is 3.11. The molecule has 1 N–H and O–H groups in total. The summed E-state index contributed by atoms with van der Waals surface area (Å²) in [5, 5.41) is 7.80. The molecule has 1 aliphatic carbocycles. The van der Waals surface area contributed by atoms with Crippen molar-refractivity contribution in [2.24, 2.45) is 0 Å². The van der Waals surface area contributed by atoms with E-state index in [0.29, 0.717) is 5.78 Å². The van der Waals surface area contributed by atoms with E-state index >= 15 is 0 Å². The molecule has 0 aliphatic heterocycles. The number of nitrogens with zero attached hydrogens (tertiary/aromatic N) is 4. The second kappa shape index (κ2) is 5.11. The van der Waals surface area contributed by atoms with Crippen LogP contribution in [0.5, 0.6) is 0 Å². The standard InChI is InChI=1S/C15H14BrN5/c16-10-5-7-11(8-6-10)19-14-12-3-1-2-4-13(12)20-15-17-9-18-21(14)15/h5-9,19H,1-4H2. The third-order valence-corrected chi connectivity index (χ3v) is 4.34. The van der Waals surface area contributed by atoms with Crippen molar-refractivity contribution in [2.45, 2.75) is 25.7 Å². The minimum absolute atomic E-state index is 0.662. The van der Waals surface area contributed by atoms with E-state index in [0.717, 1.165) is 34.5 Å². The van der Waals surface area contributed by atoms with E-state index in [1.54, 1.807) is 10.8 Å². The van der Waals surface area contributed by atoms with Crippen LogP contribution >= 0.6 is 15.9 Å². The number of halogens is 1. The monoisotopic (exact) mass is 343 g/mol. The second-order valence-corrected chi connectivity index (χ2v) is 6.11. The number of fused-ring (bicyclic) bond motifs is 2. The molecule has 0 amide bonds. The van der Waals surface area contributed by atoms with Crippen LogP contribution in [0.1, 0.15) is 24.1 Å². The largest absolute Gasteiger partial charge is 0.340 e. The number of aromatic nitrogens is 4. The summed E-state index contributed by atoms with van der Waals surface area (Å²) in [7, 11) is 0. The van der Waals surface area contributed by atoms with E-state index in [-0.39, 0.29) is 0 Å². The summed E-state index contributed by atoms with van der Waals surface area (Å²) < 4.78 is 2.86. The Labute approximate surface area is 130 Å². The van der Waals surface area contributed by atoms with E-state index < -0.39 is 0 Å². The predicted octanol–water partition coefficient (Wildman–Crippen LogP) is 3.51.